The smallest absolute Gasteiger partial charge is 0.308 e. The van der Waals surface area contributed by atoms with Crippen molar-refractivity contribution >= 4 is 66.4 Å². The van der Waals surface area contributed by atoms with Gasteiger partial charge in [-0.05, 0) is 178 Å². The van der Waals surface area contributed by atoms with Crippen LogP contribution >= 0.6 is 0 Å². The second kappa shape index (κ2) is 20.6. The predicted octanol–water partition coefficient (Wildman–Crippen LogP) is 19.1. The molecule has 0 unspecified atom stereocenters. The van der Waals surface area contributed by atoms with E-state index in [0.717, 1.165) is 6.07 Å². The third-order valence-corrected chi connectivity index (χ3v) is 15.1. The Morgan fingerprint density at radius 3 is 1.01 bits per heavy atom. The average molecular weight is 1100 g/mol. The van der Waals surface area contributed by atoms with Crippen LogP contribution in [0, 0.1) is 89.9 Å². The van der Waals surface area contributed by atoms with Crippen molar-refractivity contribution in [2.45, 2.75) is 13.1 Å². The zero-order valence-electron chi connectivity index (χ0n) is 44.3. The summed E-state index contributed by atoms with van der Waals surface area (Å²) in [6.07, 6.45) is -4.91. The van der Waals surface area contributed by atoms with Crippen LogP contribution < -0.4 is 0 Å². The topological polar surface area (TPSA) is 146 Å². The Morgan fingerprint density at radius 2 is 0.671 bits per heavy atom. The molecule has 0 bridgehead atoms. The number of alkyl halides is 3. The Balaban J connectivity index is 1.24. The number of fused-ring (bicyclic) bond motifs is 6. The number of nitrogens with zero attached hydrogens (tertiary/aromatic N) is 11. The summed E-state index contributed by atoms with van der Waals surface area (Å²) in [5, 5.41) is 53.6. The van der Waals surface area contributed by atoms with E-state index >= 15 is 13.2 Å². The number of halogens is 3. The summed E-state index contributed by atoms with van der Waals surface area (Å²) in [4.78, 5) is 14.5. The molecule has 14 heteroatoms. The Hall–Kier alpha value is -13.0. The largest absolute Gasteiger partial charge is 0.417 e. The van der Waals surface area contributed by atoms with Gasteiger partial charge in [-0.2, -0.15) is 39.5 Å². The summed E-state index contributed by atoms with van der Waals surface area (Å²) >= 11 is 0. The summed E-state index contributed by atoms with van der Waals surface area (Å²) < 4.78 is 51.8. The van der Waals surface area contributed by atoms with Crippen LogP contribution in [0.5, 0.6) is 0 Å². The van der Waals surface area contributed by atoms with Gasteiger partial charge < -0.3 is 9.13 Å². The van der Waals surface area contributed by atoms with Gasteiger partial charge in [0.25, 0.3) is 0 Å². The van der Waals surface area contributed by atoms with Gasteiger partial charge in [0.2, 0.25) is 0 Å². The van der Waals surface area contributed by atoms with Gasteiger partial charge in [-0.1, -0.05) is 54.6 Å². The fourth-order valence-electron chi connectivity index (χ4n) is 11.4. The number of hydrogen-bond donors (Lipinski definition) is 0. The normalized spacial score (nSPS) is 11.0. The van der Waals surface area contributed by atoms with Gasteiger partial charge in [0.15, 0.2) is 22.7 Å². The van der Waals surface area contributed by atoms with Crippen molar-refractivity contribution in [3.63, 3.8) is 0 Å². The third kappa shape index (κ3) is 9.07. The van der Waals surface area contributed by atoms with Crippen molar-refractivity contribution in [1.29, 1.82) is 26.3 Å². The van der Waals surface area contributed by atoms with Gasteiger partial charge in [-0.3, -0.25) is 0 Å². The summed E-state index contributed by atoms with van der Waals surface area (Å²) in [5.74, 6) is 0. The highest BCUT2D eigenvalue weighted by molar-refractivity contribution is 6.15. The molecule has 0 amide bonds. The molecule has 12 rings (SSSR count). The molecule has 0 saturated carbocycles. The van der Waals surface area contributed by atoms with E-state index in [1.807, 2.05) is 51.6 Å². The first kappa shape index (κ1) is 52.7. The number of aryl methyl sites for hydroxylation is 1. The lowest BCUT2D eigenvalue weighted by atomic mass is 9.90. The molecule has 0 aliphatic carbocycles. The maximum atomic E-state index is 16.1. The van der Waals surface area contributed by atoms with Crippen LogP contribution in [-0.2, 0) is 6.18 Å². The van der Waals surface area contributed by atoms with Crippen molar-refractivity contribution in [3.8, 4) is 97.4 Å². The van der Waals surface area contributed by atoms with Crippen LogP contribution in [0.4, 0.5) is 35.9 Å². The summed E-state index contributed by atoms with van der Waals surface area (Å²) in [7, 11) is 0. The molecule has 10 aromatic carbocycles. The SMILES string of the molecule is [C-]#[N+]c1cc(C#N)cc(-c2ccc3c(c2)c2cc(-c4cc(C#N)cc(C#N)c4)ccc2n3-c2cc(C#N)cc(-n3c4ccc(-c5cc(C#N)cc([N+]#[C-])c5)cc4c4cc(-c5cc([N+]#[C-])cc([N+]#[C-])c5)ccc43)c2-c2c(C)cccc2C(F)(F)F)c1. The van der Waals surface area contributed by atoms with Crippen LogP contribution in [0.25, 0.3) is 130 Å². The van der Waals surface area contributed by atoms with Gasteiger partial charge >= 0.3 is 6.18 Å². The first-order valence-electron chi connectivity index (χ1n) is 25.8. The molecule has 0 radical (unpaired) electrons. The van der Waals surface area contributed by atoms with E-state index in [1.165, 1.54) is 30.3 Å². The molecule has 0 aliphatic heterocycles. The van der Waals surface area contributed by atoms with E-state index in [1.54, 1.807) is 104 Å². The third-order valence-electron chi connectivity index (χ3n) is 15.1. The molecular weight excluding hydrogens is 1060 g/mol. The van der Waals surface area contributed by atoms with E-state index in [0.29, 0.717) is 88.1 Å². The van der Waals surface area contributed by atoms with E-state index in [2.05, 4.69) is 49.7 Å². The van der Waals surface area contributed by atoms with Crippen LogP contribution in [0.2, 0.25) is 0 Å². The zero-order chi connectivity index (χ0) is 59.4. The number of aromatic nitrogens is 2. The van der Waals surface area contributed by atoms with E-state index < -0.39 is 11.7 Å². The van der Waals surface area contributed by atoms with Crippen LogP contribution in [0.15, 0.2) is 176 Å². The monoisotopic (exact) mass is 1100 g/mol. The van der Waals surface area contributed by atoms with E-state index in [4.69, 9.17) is 26.3 Å². The molecule has 85 heavy (non-hydrogen) atoms. The van der Waals surface area contributed by atoms with Crippen molar-refractivity contribution in [1.82, 2.24) is 9.13 Å². The fourth-order valence-corrected chi connectivity index (χ4v) is 11.4. The van der Waals surface area contributed by atoms with Crippen molar-refractivity contribution in [2.24, 2.45) is 0 Å². The molecule has 11 nitrogen and oxygen atoms in total. The molecule has 0 atom stereocenters. The minimum atomic E-state index is -4.91. The van der Waals surface area contributed by atoms with Crippen LogP contribution in [0.3, 0.4) is 0 Å². The Kier molecular flexibility index (Phi) is 12.8. The van der Waals surface area contributed by atoms with Crippen molar-refractivity contribution < 1.29 is 13.2 Å². The Bertz CT molecular complexity index is 4690. The number of nitriles is 5. The van der Waals surface area contributed by atoms with Gasteiger partial charge in [0, 0.05) is 43.8 Å². The molecule has 0 spiro atoms. The maximum absolute atomic E-state index is 16.1. The lowest BCUT2D eigenvalue weighted by Crippen LogP contribution is -2.12. The van der Waals surface area contributed by atoms with E-state index in [9.17, 15) is 26.3 Å². The van der Waals surface area contributed by atoms with Crippen molar-refractivity contribution in [3.05, 3.63) is 261 Å². The molecule has 392 valence electrons. The lowest BCUT2D eigenvalue weighted by molar-refractivity contribution is -0.137. The van der Waals surface area contributed by atoms with Crippen LogP contribution in [-0.4, -0.2) is 9.13 Å². The van der Waals surface area contributed by atoms with Gasteiger partial charge in [0.05, 0.1) is 112 Å². The molecule has 0 aliphatic rings. The molecular formula is C71H32F3N11. The highest BCUT2D eigenvalue weighted by Crippen LogP contribution is 2.49. The predicted molar refractivity (Wildman–Crippen MR) is 321 cm³/mol. The summed E-state index contributed by atoms with van der Waals surface area (Å²) in [6, 6.07) is 59.2. The summed E-state index contributed by atoms with van der Waals surface area (Å²) in [6.45, 7) is 32.9. The molecule has 0 saturated heterocycles. The Morgan fingerprint density at radius 1 is 0.353 bits per heavy atom. The zero-order valence-corrected chi connectivity index (χ0v) is 44.3. The Labute approximate surface area is 483 Å². The first-order valence-corrected chi connectivity index (χ1v) is 25.8. The van der Waals surface area contributed by atoms with Gasteiger partial charge in [-0.25, -0.2) is 19.4 Å². The number of benzene rings is 10. The van der Waals surface area contributed by atoms with E-state index in [-0.39, 0.29) is 78.6 Å². The molecule has 0 N–H and O–H groups in total. The van der Waals surface area contributed by atoms with Gasteiger partial charge in [-0.15, -0.1) is 0 Å². The maximum Gasteiger partial charge on any atom is 0.417 e. The molecule has 0 fully saturated rings. The number of rotatable bonds is 7. The number of hydrogen-bond acceptors (Lipinski definition) is 5. The second-order valence-corrected chi connectivity index (χ2v) is 20.1. The molecule has 2 heterocycles. The summed E-state index contributed by atoms with van der Waals surface area (Å²) in [5.41, 5.74) is 8.40. The highest BCUT2D eigenvalue weighted by atomic mass is 19.4. The van der Waals surface area contributed by atoms with Crippen LogP contribution in [0.1, 0.15) is 38.9 Å². The minimum absolute atomic E-state index is 0.0855. The van der Waals surface area contributed by atoms with Gasteiger partial charge in [0.1, 0.15) is 0 Å². The first-order chi connectivity index (χ1) is 41.2. The highest BCUT2D eigenvalue weighted by Gasteiger charge is 2.37. The standard InChI is InChI=1S/C71H32F3N11/c1-40-7-6-8-62(71(72,73)74)69(40)70-67(84-63-13-9-46(50-18-41(35-75)17-42(19-50)36-76)30-58(63)59-31-47(10-14-64(59)84)51-20-43(37-77)22-54(26-51)80-2)24-45(39-79)25-68(70)85-65-15-11-48(52-21-44(38-78)23-55(27-52)81-3)32-60(65)61-33-49(12-16-66(61)85)53-28-56(82-4)34-57(29-53)83-5/h6-34H,1H3. The molecule has 12 aromatic rings. The minimum Gasteiger partial charge on any atom is -0.308 e. The fraction of sp³-hybridized carbons (Fsp3) is 0.0282. The lowest BCUT2D eigenvalue weighted by Gasteiger charge is -2.24. The second-order valence-electron chi connectivity index (χ2n) is 20.1. The quantitative estimate of drug-likeness (QED) is 0.146. The average Bonchev–Trinajstić information content (AvgIpc) is 2.19. The van der Waals surface area contributed by atoms with Crippen molar-refractivity contribution in [2.75, 3.05) is 0 Å². The molecule has 2 aromatic heterocycles.